The number of carbonyl (C=O) groups excluding carboxylic acids is 1. The van der Waals surface area contributed by atoms with Crippen LogP contribution in [0.25, 0.3) is 0 Å². The van der Waals surface area contributed by atoms with Gasteiger partial charge in [-0.3, -0.25) is 0 Å². The molecule has 0 N–H and O–H groups in total. The SMILES string of the molecule is CCCCCCCCOC(=O)c1nccs1. The number of carbonyl (C=O) groups is 1. The van der Waals surface area contributed by atoms with Gasteiger partial charge in [-0.25, -0.2) is 9.78 Å². The van der Waals surface area contributed by atoms with Crippen LogP contribution < -0.4 is 0 Å². The van der Waals surface area contributed by atoms with Crippen molar-refractivity contribution in [3.63, 3.8) is 0 Å². The standard InChI is InChI=1S/C12H19NO2S/c1-2-3-4-5-6-7-9-15-12(14)11-13-8-10-16-11/h8,10H,2-7,9H2,1H3. The van der Waals surface area contributed by atoms with Crippen molar-refractivity contribution in [2.75, 3.05) is 6.61 Å². The van der Waals surface area contributed by atoms with Gasteiger partial charge >= 0.3 is 5.97 Å². The van der Waals surface area contributed by atoms with Gasteiger partial charge in [0.05, 0.1) is 6.61 Å². The third-order valence-electron chi connectivity index (χ3n) is 2.34. The molecule has 0 aliphatic rings. The minimum Gasteiger partial charge on any atom is -0.460 e. The Morgan fingerprint density at radius 1 is 1.31 bits per heavy atom. The summed E-state index contributed by atoms with van der Waals surface area (Å²) in [7, 11) is 0. The monoisotopic (exact) mass is 241 g/mol. The van der Waals surface area contributed by atoms with Gasteiger partial charge in [-0.1, -0.05) is 39.0 Å². The highest BCUT2D eigenvalue weighted by molar-refractivity contribution is 7.11. The number of hydrogen-bond acceptors (Lipinski definition) is 4. The summed E-state index contributed by atoms with van der Waals surface area (Å²) in [6.45, 7) is 2.72. The summed E-state index contributed by atoms with van der Waals surface area (Å²) in [5, 5.41) is 2.23. The van der Waals surface area contributed by atoms with Crippen LogP contribution in [0.3, 0.4) is 0 Å². The molecule has 3 nitrogen and oxygen atoms in total. The fourth-order valence-electron chi connectivity index (χ4n) is 1.43. The van der Waals surface area contributed by atoms with Crippen LogP contribution in [0.2, 0.25) is 0 Å². The number of esters is 1. The molecule has 1 heterocycles. The molecule has 0 unspecified atom stereocenters. The second-order valence-electron chi connectivity index (χ2n) is 3.74. The number of unbranched alkanes of at least 4 members (excludes halogenated alkanes) is 5. The Balaban J connectivity index is 1.97. The smallest absolute Gasteiger partial charge is 0.367 e. The van der Waals surface area contributed by atoms with Crippen LogP contribution in [0.15, 0.2) is 11.6 Å². The summed E-state index contributed by atoms with van der Waals surface area (Å²) in [4.78, 5) is 15.3. The van der Waals surface area contributed by atoms with Gasteiger partial charge in [0.1, 0.15) is 0 Å². The number of aromatic nitrogens is 1. The summed E-state index contributed by atoms with van der Waals surface area (Å²) in [6, 6.07) is 0. The van der Waals surface area contributed by atoms with Crippen LogP contribution in [-0.2, 0) is 4.74 Å². The van der Waals surface area contributed by atoms with Crippen molar-refractivity contribution in [3.05, 3.63) is 16.6 Å². The molecular weight excluding hydrogens is 222 g/mol. The van der Waals surface area contributed by atoms with Crippen molar-refractivity contribution < 1.29 is 9.53 Å². The Morgan fingerprint density at radius 2 is 2.06 bits per heavy atom. The first-order valence-electron chi connectivity index (χ1n) is 5.91. The molecule has 1 rings (SSSR count). The third kappa shape index (κ3) is 5.26. The molecule has 0 atom stereocenters. The molecule has 0 spiro atoms. The van der Waals surface area contributed by atoms with Crippen molar-refractivity contribution in [3.8, 4) is 0 Å². The maximum Gasteiger partial charge on any atom is 0.367 e. The van der Waals surface area contributed by atoms with E-state index in [0.29, 0.717) is 11.6 Å². The van der Waals surface area contributed by atoms with E-state index in [2.05, 4.69) is 11.9 Å². The van der Waals surface area contributed by atoms with Crippen LogP contribution in [0, 0.1) is 0 Å². The Bertz CT molecular complexity index is 285. The Morgan fingerprint density at radius 3 is 2.75 bits per heavy atom. The van der Waals surface area contributed by atoms with Gasteiger partial charge in [-0.05, 0) is 6.42 Å². The minimum absolute atomic E-state index is 0.288. The van der Waals surface area contributed by atoms with E-state index >= 15 is 0 Å². The molecule has 90 valence electrons. The minimum atomic E-state index is -0.288. The lowest BCUT2D eigenvalue weighted by Crippen LogP contribution is -2.05. The van der Waals surface area contributed by atoms with E-state index in [1.165, 1.54) is 37.0 Å². The van der Waals surface area contributed by atoms with Crippen LogP contribution in [-0.4, -0.2) is 17.6 Å². The number of rotatable bonds is 8. The second kappa shape index (κ2) is 8.28. The van der Waals surface area contributed by atoms with E-state index in [0.717, 1.165) is 12.8 Å². The molecule has 0 aliphatic carbocycles. The zero-order valence-electron chi connectivity index (χ0n) is 9.78. The zero-order valence-corrected chi connectivity index (χ0v) is 10.6. The van der Waals surface area contributed by atoms with Crippen molar-refractivity contribution in [1.82, 2.24) is 4.98 Å². The highest BCUT2D eigenvalue weighted by Gasteiger charge is 2.08. The first-order chi connectivity index (χ1) is 7.84. The molecule has 0 aliphatic heterocycles. The summed E-state index contributed by atoms with van der Waals surface area (Å²) in [5.74, 6) is -0.288. The van der Waals surface area contributed by atoms with Crippen molar-refractivity contribution >= 4 is 17.3 Å². The van der Waals surface area contributed by atoms with Gasteiger partial charge in [0.15, 0.2) is 0 Å². The highest BCUT2D eigenvalue weighted by Crippen LogP contribution is 2.08. The molecule has 0 amide bonds. The van der Waals surface area contributed by atoms with Crippen LogP contribution in [0.5, 0.6) is 0 Å². The summed E-state index contributed by atoms with van der Waals surface area (Å²) >= 11 is 1.32. The van der Waals surface area contributed by atoms with Gasteiger partial charge in [0.25, 0.3) is 0 Å². The molecule has 0 radical (unpaired) electrons. The molecule has 0 bridgehead atoms. The van der Waals surface area contributed by atoms with E-state index in [-0.39, 0.29) is 5.97 Å². The fourth-order valence-corrected chi connectivity index (χ4v) is 1.96. The van der Waals surface area contributed by atoms with Gasteiger partial charge in [0, 0.05) is 11.6 Å². The predicted octanol–water partition coefficient (Wildman–Crippen LogP) is 3.66. The van der Waals surface area contributed by atoms with Gasteiger partial charge in [0.2, 0.25) is 5.01 Å². The lowest BCUT2D eigenvalue weighted by Gasteiger charge is -2.02. The Hall–Kier alpha value is -0.900. The van der Waals surface area contributed by atoms with E-state index in [1.807, 2.05) is 0 Å². The molecule has 4 heteroatoms. The van der Waals surface area contributed by atoms with Gasteiger partial charge in [-0.2, -0.15) is 0 Å². The average molecular weight is 241 g/mol. The van der Waals surface area contributed by atoms with Crippen LogP contribution in [0.4, 0.5) is 0 Å². The lowest BCUT2D eigenvalue weighted by molar-refractivity contribution is 0.0497. The molecule has 16 heavy (non-hydrogen) atoms. The van der Waals surface area contributed by atoms with Crippen molar-refractivity contribution in [2.45, 2.75) is 45.4 Å². The second-order valence-corrected chi connectivity index (χ2v) is 4.64. The fraction of sp³-hybridized carbons (Fsp3) is 0.667. The molecule has 1 aromatic heterocycles. The Kier molecular flexibility index (Phi) is 6.81. The number of ether oxygens (including phenoxy) is 1. The summed E-state index contributed by atoms with van der Waals surface area (Å²) in [5.41, 5.74) is 0. The summed E-state index contributed by atoms with van der Waals surface area (Å²) in [6.07, 6.45) is 8.81. The number of nitrogens with zero attached hydrogens (tertiary/aromatic N) is 1. The van der Waals surface area contributed by atoms with Crippen molar-refractivity contribution in [1.29, 1.82) is 0 Å². The predicted molar refractivity (Wildman–Crippen MR) is 65.8 cm³/mol. The molecule has 0 aromatic carbocycles. The van der Waals surface area contributed by atoms with Crippen molar-refractivity contribution in [2.24, 2.45) is 0 Å². The normalized spacial score (nSPS) is 10.3. The maximum atomic E-state index is 11.4. The number of thiazole rings is 1. The molecule has 0 saturated heterocycles. The highest BCUT2D eigenvalue weighted by atomic mass is 32.1. The molecule has 0 fully saturated rings. The van der Waals surface area contributed by atoms with Crippen LogP contribution >= 0.6 is 11.3 Å². The first-order valence-corrected chi connectivity index (χ1v) is 6.79. The van der Waals surface area contributed by atoms with Gasteiger partial charge < -0.3 is 4.74 Å². The molecule has 0 saturated carbocycles. The third-order valence-corrected chi connectivity index (χ3v) is 3.09. The largest absolute Gasteiger partial charge is 0.460 e. The van der Waals surface area contributed by atoms with E-state index in [4.69, 9.17) is 4.74 Å². The zero-order chi connectivity index (χ0) is 11.6. The van der Waals surface area contributed by atoms with E-state index < -0.39 is 0 Å². The topological polar surface area (TPSA) is 39.2 Å². The maximum absolute atomic E-state index is 11.4. The summed E-state index contributed by atoms with van der Waals surface area (Å²) < 4.78 is 5.10. The first kappa shape index (κ1) is 13.2. The Labute approximate surface area is 101 Å². The van der Waals surface area contributed by atoms with Gasteiger partial charge in [-0.15, -0.1) is 11.3 Å². The lowest BCUT2D eigenvalue weighted by atomic mass is 10.1. The van der Waals surface area contributed by atoms with Crippen LogP contribution in [0.1, 0.15) is 55.3 Å². The number of hydrogen-bond donors (Lipinski definition) is 0. The molecule has 1 aromatic rings. The quantitative estimate of drug-likeness (QED) is 0.515. The molecular formula is C12H19NO2S. The van der Waals surface area contributed by atoms with E-state index in [1.54, 1.807) is 11.6 Å². The van der Waals surface area contributed by atoms with E-state index in [9.17, 15) is 4.79 Å². The average Bonchev–Trinajstić information content (AvgIpc) is 2.81.